The van der Waals surface area contributed by atoms with Crippen LogP contribution in [0.2, 0.25) is 0 Å². The van der Waals surface area contributed by atoms with Crippen LogP contribution in [0.4, 0.5) is 4.79 Å². The van der Waals surface area contributed by atoms with Gasteiger partial charge in [0.15, 0.2) is 0 Å². The highest BCUT2D eigenvalue weighted by atomic mass is 16.5. The molecule has 0 aliphatic heterocycles. The van der Waals surface area contributed by atoms with E-state index in [0.29, 0.717) is 0 Å². The Hall–Kier alpha value is -2.41. The molecule has 0 aliphatic carbocycles. The molecule has 1 unspecified atom stereocenters. The molecule has 1 amide bonds. The molecular formula is C14H17NO6. The van der Waals surface area contributed by atoms with Crippen LogP contribution in [0.25, 0.3) is 0 Å². The highest BCUT2D eigenvalue weighted by Crippen LogP contribution is 2.03. The van der Waals surface area contributed by atoms with Crippen molar-refractivity contribution in [1.29, 1.82) is 0 Å². The van der Waals surface area contributed by atoms with Crippen LogP contribution < -0.4 is 5.32 Å². The van der Waals surface area contributed by atoms with E-state index in [4.69, 9.17) is 9.84 Å². The van der Waals surface area contributed by atoms with Gasteiger partial charge in [0.2, 0.25) is 5.78 Å². The van der Waals surface area contributed by atoms with Gasteiger partial charge in [-0.05, 0) is 12.5 Å². The Morgan fingerprint density at radius 3 is 2.43 bits per heavy atom. The van der Waals surface area contributed by atoms with Gasteiger partial charge in [0, 0.05) is 6.42 Å². The summed E-state index contributed by atoms with van der Waals surface area (Å²) in [5.74, 6) is -2.73. The summed E-state index contributed by atoms with van der Waals surface area (Å²) in [6, 6.07) is 8.22. The summed E-state index contributed by atoms with van der Waals surface area (Å²) in [7, 11) is 0. The van der Waals surface area contributed by atoms with Crippen molar-refractivity contribution in [3.63, 3.8) is 0 Å². The SMILES string of the molecule is C[C@H](NC(=O)OCc1ccccc1)C(O)CC(=O)C(=O)O. The number of benzene rings is 1. The van der Waals surface area contributed by atoms with Crippen LogP contribution in [0.5, 0.6) is 0 Å². The zero-order valence-corrected chi connectivity index (χ0v) is 11.5. The number of alkyl carbamates (subject to hydrolysis) is 1. The first-order valence-electron chi connectivity index (χ1n) is 6.31. The van der Waals surface area contributed by atoms with Gasteiger partial charge in [-0.1, -0.05) is 30.3 Å². The number of aliphatic hydroxyl groups is 1. The van der Waals surface area contributed by atoms with E-state index >= 15 is 0 Å². The van der Waals surface area contributed by atoms with Gasteiger partial charge in [-0.2, -0.15) is 0 Å². The van der Waals surface area contributed by atoms with E-state index in [1.807, 2.05) is 6.07 Å². The van der Waals surface area contributed by atoms with E-state index in [0.717, 1.165) is 5.56 Å². The van der Waals surface area contributed by atoms with Crippen LogP contribution >= 0.6 is 0 Å². The Kier molecular flexibility index (Phi) is 6.35. The number of ether oxygens (including phenoxy) is 1. The second kappa shape index (κ2) is 8.01. The quantitative estimate of drug-likeness (QED) is 0.638. The topological polar surface area (TPSA) is 113 Å². The number of amides is 1. The summed E-state index contributed by atoms with van der Waals surface area (Å²) in [5, 5.41) is 20.4. The third-order valence-corrected chi connectivity index (χ3v) is 2.77. The molecule has 0 spiro atoms. The normalized spacial score (nSPS) is 13.0. The van der Waals surface area contributed by atoms with Crippen LogP contribution in [0, 0.1) is 0 Å². The van der Waals surface area contributed by atoms with E-state index in [1.165, 1.54) is 6.92 Å². The molecule has 0 aliphatic rings. The number of nitrogens with one attached hydrogen (secondary N) is 1. The average Bonchev–Trinajstić information content (AvgIpc) is 2.45. The minimum Gasteiger partial charge on any atom is -0.475 e. The molecule has 2 atom stereocenters. The second-order valence-electron chi connectivity index (χ2n) is 4.49. The van der Waals surface area contributed by atoms with Gasteiger partial charge < -0.3 is 20.3 Å². The van der Waals surface area contributed by atoms with Gasteiger partial charge >= 0.3 is 12.1 Å². The highest BCUT2D eigenvalue weighted by Gasteiger charge is 2.23. The van der Waals surface area contributed by atoms with Crippen molar-refractivity contribution < 1.29 is 29.3 Å². The first kappa shape index (κ1) is 16.6. The maximum absolute atomic E-state index is 11.5. The second-order valence-corrected chi connectivity index (χ2v) is 4.49. The number of hydrogen-bond acceptors (Lipinski definition) is 5. The van der Waals surface area contributed by atoms with Crippen molar-refractivity contribution in [1.82, 2.24) is 5.32 Å². The minimum atomic E-state index is -1.62. The Labute approximate surface area is 121 Å². The molecule has 0 bridgehead atoms. The fraction of sp³-hybridized carbons (Fsp3) is 0.357. The van der Waals surface area contributed by atoms with Crippen molar-refractivity contribution in [3.05, 3.63) is 35.9 Å². The van der Waals surface area contributed by atoms with E-state index in [1.54, 1.807) is 24.3 Å². The summed E-state index contributed by atoms with van der Waals surface area (Å²) in [6.45, 7) is 1.52. The van der Waals surface area contributed by atoms with Crippen LogP contribution in [-0.2, 0) is 20.9 Å². The van der Waals surface area contributed by atoms with Gasteiger partial charge in [0.05, 0.1) is 12.1 Å². The van der Waals surface area contributed by atoms with E-state index in [-0.39, 0.29) is 6.61 Å². The van der Waals surface area contributed by atoms with Crippen molar-refractivity contribution in [3.8, 4) is 0 Å². The Morgan fingerprint density at radius 2 is 1.86 bits per heavy atom. The number of carbonyl (C=O) groups excluding carboxylic acids is 2. The van der Waals surface area contributed by atoms with Gasteiger partial charge in [-0.25, -0.2) is 9.59 Å². The van der Waals surface area contributed by atoms with Crippen LogP contribution in [-0.4, -0.2) is 40.2 Å². The van der Waals surface area contributed by atoms with Crippen LogP contribution in [0.3, 0.4) is 0 Å². The molecule has 114 valence electrons. The molecule has 0 aromatic heterocycles. The smallest absolute Gasteiger partial charge is 0.407 e. The summed E-state index contributed by atoms with van der Waals surface area (Å²) in [5.41, 5.74) is 0.807. The van der Waals surface area contributed by atoms with E-state index in [9.17, 15) is 19.5 Å². The number of Topliss-reactive ketones (excluding diaryl/α,β-unsaturated/α-hetero) is 1. The first-order chi connectivity index (χ1) is 9.90. The molecule has 3 N–H and O–H groups in total. The third kappa shape index (κ3) is 6.05. The van der Waals surface area contributed by atoms with Gasteiger partial charge in [-0.15, -0.1) is 0 Å². The molecule has 0 saturated carbocycles. The maximum atomic E-state index is 11.5. The lowest BCUT2D eigenvalue weighted by Crippen LogP contribution is -2.42. The monoisotopic (exact) mass is 295 g/mol. The predicted octanol–water partition coefficient (Wildman–Crippen LogP) is 0.706. The van der Waals surface area contributed by atoms with Crippen LogP contribution in [0.15, 0.2) is 30.3 Å². The number of carboxylic acids is 1. The predicted molar refractivity (Wildman–Crippen MR) is 72.5 cm³/mol. The summed E-state index contributed by atoms with van der Waals surface area (Å²) in [6.07, 6.45) is -2.62. The lowest BCUT2D eigenvalue weighted by Gasteiger charge is -2.18. The molecule has 7 nitrogen and oxygen atoms in total. The average molecular weight is 295 g/mol. The highest BCUT2D eigenvalue weighted by molar-refractivity contribution is 6.32. The first-order valence-corrected chi connectivity index (χ1v) is 6.31. The Balaban J connectivity index is 2.36. The van der Waals surface area contributed by atoms with E-state index in [2.05, 4.69) is 5.32 Å². The van der Waals surface area contributed by atoms with Gasteiger partial charge in [0.25, 0.3) is 0 Å². The van der Waals surface area contributed by atoms with Gasteiger partial charge in [-0.3, -0.25) is 4.79 Å². The number of hydrogen-bond donors (Lipinski definition) is 3. The largest absolute Gasteiger partial charge is 0.475 e. The lowest BCUT2D eigenvalue weighted by atomic mass is 10.1. The van der Waals surface area contributed by atoms with Crippen molar-refractivity contribution in [2.24, 2.45) is 0 Å². The Morgan fingerprint density at radius 1 is 1.24 bits per heavy atom. The number of aliphatic carboxylic acids is 1. The maximum Gasteiger partial charge on any atom is 0.407 e. The minimum absolute atomic E-state index is 0.0730. The number of rotatable bonds is 7. The number of aliphatic hydroxyl groups excluding tert-OH is 1. The zero-order valence-electron chi connectivity index (χ0n) is 11.5. The van der Waals surface area contributed by atoms with E-state index < -0.39 is 36.4 Å². The zero-order chi connectivity index (χ0) is 15.8. The van der Waals surface area contributed by atoms with Crippen molar-refractivity contribution >= 4 is 17.8 Å². The third-order valence-electron chi connectivity index (χ3n) is 2.77. The number of carboxylic acid groups (broad SMARTS) is 1. The fourth-order valence-corrected chi connectivity index (χ4v) is 1.50. The van der Waals surface area contributed by atoms with Gasteiger partial charge in [0.1, 0.15) is 6.61 Å². The molecule has 0 saturated heterocycles. The molecule has 0 heterocycles. The van der Waals surface area contributed by atoms with Crippen LogP contribution in [0.1, 0.15) is 18.9 Å². The standard InChI is InChI=1S/C14H17NO6/c1-9(11(16)7-12(17)13(18)19)15-14(20)21-8-10-5-3-2-4-6-10/h2-6,9,11,16H,7-8H2,1H3,(H,15,20)(H,18,19)/t9-,11?/m0/s1. The Bertz CT molecular complexity index is 501. The fourth-order valence-electron chi connectivity index (χ4n) is 1.50. The number of ketones is 1. The summed E-state index contributed by atoms with van der Waals surface area (Å²) < 4.78 is 4.94. The summed E-state index contributed by atoms with van der Waals surface area (Å²) in [4.78, 5) is 32.8. The lowest BCUT2D eigenvalue weighted by molar-refractivity contribution is -0.150. The van der Waals surface area contributed by atoms with Crippen molar-refractivity contribution in [2.45, 2.75) is 32.1 Å². The molecule has 21 heavy (non-hydrogen) atoms. The number of carbonyl (C=O) groups is 3. The van der Waals surface area contributed by atoms with Crippen molar-refractivity contribution in [2.75, 3.05) is 0 Å². The molecule has 0 radical (unpaired) electrons. The molecule has 1 aromatic rings. The summed E-state index contributed by atoms with van der Waals surface area (Å²) >= 11 is 0. The molecule has 1 aromatic carbocycles. The molecule has 1 rings (SSSR count). The molecular weight excluding hydrogens is 278 g/mol. The molecule has 7 heteroatoms. The molecule has 0 fully saturated rings.